The Bertz CT molecular complexity index is 1040. The van der Waals surface area contributed by atoms with E-state index in [1.807, 2.05) is 52.0 Å². The number of fused-ring (bicyclic) bond motifs is 1. The van der Waals surface area contributed by atoms with E-state index in [0.717, 1.165) is 29.5 Å². The molecule has 0 aliphatic rings. The van der Waals surface area contributed by atoms with Crippen LogP contribution in [0.25, 0.3) is 11.0 Å². The van der Waals surface area contributed by atoms with Crippen LogP contribution < -0.4 is 10.4 Å². The van der Waals surface area contributed by atoms with Crippen LogP contribution in [0.1, 0.15) is 52.4 Å². The molecular weight excluding hydrogens is 340 g/mol. The minimum absolute atomic E-state index is 0.316. The second-order valence-corrected chi connectivity index (χ2v) is 6.92. The molecule has 0 saturated carbocycles. The fourth-order valence-corrected chi connectivity index (χ4v) is 3.15. The fraction of sp³-hybridized carbons (Fsp3) is 0.304. The predicted octanol–water partition coefficient (Wildman–Crippen LogP) is 5.28. The average molecular weight is 364 g/mol. The smallest absolute Gasteiger partial charge is 0.343 e. The summed E-state index contributed by atoms with van der Waals surface area (Å²) in [6.45, 7) is 8.02. The van der Waals surface area contributed by atoms with E-state index in [-0.39, 0.29) is 0 Å². The lowest BCUT2D eigenvalue weighted by atomic mass is 10.0. The Morgan fingerprint density at radius 3 is 2.41 bits per heavy atom. The number of carbonyl (C=O) groups excluding carboxylic acids is 1. The Morgan fingerprint density at radius 1 is 1.07 bits per heavy atom. The topological polar surface area (TPSA) is 56.5 Å². The molecule has 3 aromatic rings. The Kier molecular flexibility index (Phi) is 5.45. The molecule has 0 fully saturated rings. The number of rotatable bonds is 5. The van der Waals surface area contributed by atoms with Crippen molar-refractivity contribution in [3.63, 3.8) is 0 Å². The van der Waals surface area contributed by atoms with Gasteiger partial charge in [-0.15, -0.1) is 0 Å². The molecule has 4 heteroatoms. The normalized spacial score (nSPS) is 11.0. The highest BCUT2D eigenvalue weighted by atomic mass is 16.5. The van der Waals surface area contributed by atoms with Gasteiger partial charge < -0.3 is 9.15 Å². The number of esters is 1. The maximum Gasteiger partial charge on any atom is 0.343 e. The van der Waals surface area contributed by atoms with Gasteiger partial charge in [0, 0.05) is 0 Å². The molecule has 1 heterocycles. The number of ether oxygens (including phenoxy) is 1. The van der Waals surface area contributed by atoms with Gasteiger partial charge in [-0.25, -0.2) is 9.59 Å². The summed E-state index contributed by atoms with van der Waals surface area (Å²) in [5, 5.41) is 0.636. The van der Waals surface area contributed by atoms with Crippen molar-refractivity contribution >= 4 is 16.9 Å². The molecule has 1 aromatic heterocycles. The molecule has 0 unspecified atom stereocenters. The van der Waals surface area contributed by atoms with E-state index >= 15 is 0 Å². The standard InChI is InChI=1S/C23H24O4/c1-5-6-9-19-21(18-10-7-8-11-20(18)26-23(19)25)27-22(24)17-12-14(2)16(4)15(3)13-17/h7-8,10-13H,5-6,9H2,1-4H3. The van der Waals surface area contributed by atoms with Gasteiger partial charge in [0.25, 0.3) is 0 Å². The van der Waals surface area contributed by atoms with Gasteiger partial charge in [-0.3, -0.25) is 0 Å². The summed E-state index contributed by atoms with van der Waals surface area (Å²) < 4.78 is 11.2. The van der Waals surface area contributed by atoms with Crippen LogP contribution >= 0.6 is 0 Å². The number of carbonyl (C=O) groups is 1. The molecule has 0 bridgehead atoms. The molecule has 0 aliphatic carbocycles. The minimum Gasteiger partial charge on any atom is -0.422 e. The van der Waals surface area contributed by atoms with Crippen molar-refractivity contribution < 1.29 is 13.9 Å². The van der Waals surface area contributed by atoms with Crippen LogP contribution in [0, 0.1) is 20.8 Å². The van der Waals surface area contributed by atoms with E-state index in [2.05, 4.69) is 0 Å². The molecular formula is C23H24O4. The van der Waals surface area contributed by atoms with Crippen molar-refractivity contribution in [2.75, 3.05) is 0 Å². The van der Waals surface area contributed by atoms with Crippen molar-refractivity contribution in [2.24, 2.45) is 0 Å². The van der Waals surface area contributed by atoms with Crippen molar-refractivity contribution in [1.82, 2.24) is 0 Å². The highest BCUT2D eigenvalue weighted by molar-refractivity contribution is 5.95. The summed E-state index contributed by atoms with van der Waals surface area (Å²) in [4.78, 5) is 25.3. The largest absolute Gasteiger partial charge is 0.422 e. The molecule has 0 radical (unpaired) electrons. The lowest BCUT2D eigenvalue weighted by Crippen LogP contribution is -2.16. The first-order chi connectivity index (χ1) is 12.9. The lowest BCUT2D eigenvalue weighted by Gasteiger charge is -2.13. The van der Waals surface area contributed by atoms with Gasteiger partial charge in [0.15, 0.2) is 5.75 Å². The van der Waals surface area contributed by atoms with Gasteiger partial charge in [-0.1, -0.05) is 25.5 Å². The minimum atomic E-state index is -0.463. The predicted molar refractivity (Wildman–Crippen MR) is 107 cm³/mol. The monoisotopic (exact) mass is 364 g/mol. The van der Waals surface area contributed by atoms with E-state index in [9.17, 15) is 9.59 Å². The summed E-state index contributed by atoms with van der Waals surface area (Å²) in [5.41, 5.74) is 4.10. The first-order valence-electron chi connectivity index (χ1n) is 9.27. The third-order valence-electron chi connectivity index (χ3n) is 4.99. The molecule has 4 nitrogen and oxygen atoms in total. The molecule has 140 valence electrons. The molecule has 0 spiro atoms. The third kappa shape index (κ3) is 3.80. The Hall–Kier alpha value is -2.88. The Balaban J connectivity index is 2.09. The summed E-state index contributed by atoms with van der Waals surface area (Å²) in [5.74, 6) is -0.147. The van der Waals surface area contributed by atoms with Crippen LogP contribution in [0.5, 0.6) is 5.75 Å². The van der Waals surface area contributed by atoms with Gasteiger partial charge in [0.1, 0.15) is 5.58 Å². The van der Waals surface area contributed by atoms with E-state index in [0.29, 0.717) is 34.3 Å². The quantitative estimate of drug-likeness (QED) is 0.456. The van der Waals surface area contributed by atoms with Crippen molar-refractivity contribution in [2.45, 2.75) is 47.0 Å². The average Bonchev–Trinajstić information content (AvgIpc) is 2.65. The van der Waals surface area contributed by atoms with Crippen molar-refractivity contribution in [3.8, 4) is 5.75 Å². The van der Waals surface area contributed by atoms with Crippen LogP contribution in [-0.4, -0.2) is 5.97 Å². The zero-order valence-corrected chi connectivity index (χ0v) is 16.2. The number of hydrogen-bond donors (Lipinski definition) is 0. The SMILES string of the molecule is CCCCc1c(OC(=O)c2cc(C)c(C)c(C)c2)c2ccccc2oc1=O. The van der Waals surface area contributed by atoms with Gasteiger partial charge in [-0.2, -0.15) is 0 Å². The van der Waals surface area contributed by atoms with Crippen molar-refractivity contribution in [3.05, 3.63) is 74.6 Å². The first kappa shape index (κ1) is 18.9. The molecule has 0 amide bonds. The maximum absolute atomic E-state index is 12.9. The summed E-state index contributed by atoms with van der Waals surface area (Å²) in [7, 11) is 0. The number of benzene rings is 2. The summed E-state index contributed by atoms with van der Waals surface area (Å²) >= 11 is 0. The van der Waals surface area contributed by atoms with Gasteiger partial charge in [0.2, 0.25) is 0 Å². The van der Waals surface area contributed by atoms with E-state index < -0.39 is 11.6 Å². The Morgan fingerprint density at radius 2 is 1.74 bits per heavy atom. The van der Waals surface area contributed by atoms with E-state index in [4.69, 9.17) is 9.15 Å². The molecule has 3 rings (SSSR count). The van der Waals surface area contributed by atoms with Crippen LogP contribution in [0.15, 0.2) is 45.6 Å². The zero-order chi connectivity index (χ0) is 19.6. The molecule has 0 aliphatic heterocycles. The highest BCUT2D eigenvalue weighted by Crippen LogP contribution is 2.29. The number of aryl methyl sites for hydroxylation is 2. The van der Waals surface area contributed by atoms with Gasteiger partial charge in [-0.05, 0) is 74.6 Å². The molecule has 2 aromatic carbocycles. The molecule has 0 N–H and O–H groups in total. The third-order valence-corrected chi connectivity index (χ3v) is 4.99. The zero-order valence-electron chi connectivity index (χ0n) is 16.2. The highest BCUT2D eigenvalue weighted by Gasteiger charge is 2.20. The van der Waals surface area contributed by atoms with E-state index in [1.54, 1.807) is 12.1 Å². The Labute approximate surface area is 158 Å². The van der Waals surface area contributed by atoms with Crippen molar-refractivity contribution in [1.29, 1.82) is 0 Å². The lowest BCUT2D eigenvalue weighted by molar-refractivity contribution is 0.0734. The first-order valence-corrected chi connectivity index (χ1v) is 9.27. The maximum atomic E-state index is 12.9. The number of para-hydroxylation sites is 1. The fourth-order valence-electron chi connectivity index (χ4n) is 3.15. The number of hydrogen-bond acceptors (Lipinski definition) is 4. The van der Waals surface area contributed by atoms with Crippen LogP contribution in [0.3, 0.4) is 0 Å². The van der Waals surface area contributed by atoms with Gasteiger partial charge in [0.05, 0.1) is 16.5 Å². The molecule has 27 heavy (non-hydrogen) atoms. The molecule has 0 atom stereocenters. The van der Waals surface area contributed by atoms with E-state index in [1.165, 1.54) is 0 Å². The second kappa shape index (κ2) is 7.78. The van der Waals surface area contributed by atoms with Crippen LogP contribution in [0.2, 0.25) is 0 Å². The second-order valence-electron chi connectivity index (χ2n) is 6.92. The molecule has 0 saturated heterocycles. The van der Waals surface area contributed by atoms with Crippen LogP contribution in [0.4, 0.5) is 0 Å². The number of unbranched alkanes of at least 4 members (excludes halogenated alkanes) is 1. The van der Waals surface area contributed by atoms with Crippen LogP contribution in [-0.2, 0) is 6.42 Å². The van der Waals surface area contributed by atoms with Gasteiger partial charge >= 0.3 is 11.6 Å². The summed E-state index contributed by atoms with van der Waals surface area (Å²) in [6, 6.07) is 10.8. The summed E-state index contributed by atoms with van der Waals surface area (Å²) in [6.07, 6.45) is 2.25.